The lowest BCUT2D eigenvalue weighted by molar-refractivity contribution is 0.587. The van der Waals surface area contributed by atoms with Crippen molar-refractivity contribution >= 4 is 15.7 Å². The Morgan fingerprint density at radius 2 is 1.88 bits per heavy atom. The molecule has 0 spiro atoms. The molecule has 17 heavy (non-hydrogen) atoms. The van der Waals surface area contributed by atoms with E-state index in [9.17, 15) is 8.42 Å². The summed E-state index contributed by atoms with van der Waals surface area (Å²) < 4.78 is 24.4. The molecular formula is C12H16N2O2S. The topological polar surface area (TPSA) is 70.0 Å². The zero-order chi connectivity index (χ0) is 13.1. The van der Waals surface area contributed by atoms with Gasteiger partial charge < -0.3 is 0 Å². The molecule has 0 aromatic heterocycles. The molecule has 0 aliphatic heterocycles. The predicted molar refractivity (Wildman–Crippen MR) is 68.2 cm³/mol. The molecule has 1 atom stereocenters. The molecule has 1 N–H and O–H groups in total. The van der Waals surface area contributed by atoms with Crippen LogP contribution in [0.25, 0.3) is 0 Å². The molecule has 4 nitrogen and oxygen atoms in total. The van der Waals surface area contributed by atoms with Gasteiger partial charge in [0.15, 0.2) is 0 Å². The molecule has 0 aliphatic carbocycles. The van der Waals surface area contributed by atoms with Gasteiger partial charge in [0.25, 0.3) is 0 Å². The van der Waals surface area contributed by atoms with E-state index < -0.39 is 15.4 Å². The SMILES string of the molecule is CCC(C)(C#N)c1ccc(NS(C)(=O)=O)cc1. The minimum Gasteiger partial charge on any atom is -0.284 e. The predicted octanol–water partition coefficient (Wildman–Crippen LogP) is 2.25. The van der Waals surface area contributed by atoms with Gasteiger partial charge >= 0.3 is 0 Å². The van der Waals surface area contributed by atoms with E-state index in [1.807, 2.05) is 13.8 Å². The molecule has 0 bridgehead atoms. The summed E-state index contributed by atoms with van der Waals surface area (Å²) in [7, 11) is -3.25. The van der Waals surface area contributed by atoms with Gasteiger partial charge in [0.05, 0.1) is 17.7 Å². The van der Waals surface area contributed by atoms with Crippen molar-refractivity contribution < 1.29 is 8.42 Å². The molecule has 0 saturated carbocycles. The van der Waals surface area contributed by atoms with E-state index in [-0.39, 0.29) is 0 Å². The number of benzene rings is 1. The quantitative estimate of drug-likeness (QED) is 0.893. The maximum Gasteiger partial charge on any atom is 0.229 e. The number of rotatable bonds is 4. The van der Waals surface area contributed by atoms with Gasteiger partial charge in [0, 0.05) is 5.69 Å². The van der Waals surface area contributed by atoms with Gasteiger partial charge in [-0.1, -0.05) is 19.1 Å². The second kappa shape index (κ2) is 4.76. The normalized spacial score (nSPS) is 14.7. The van der Waals surface area contributed by atoms with Crippen LogP contribution in [-0.2, 0) is 15.4 Å². The molecule has 0 aliphatic rings. The first-order valence-corrected chi connectivity index (χ1v) is 7.19. The van der Waals surface area contributed by atoms with E-state index >= 15 is 0 Å². The van der Waals surface area contributed by atoms with Crippen molar-refractivity contribution in [2.75, 3.05) is 11.0 Å². The molecule has 0 radical (unpaired) electrons. The molecule has 1 unspecified atom stereocenters. The van der Waals surface area contributed by atoms with E-state index in [0.29, 0.717) is 12.1 Å². The molecular weight excluding hydrogens is 236 g/mol. The molecule has 0 amide bonds. The van der Waals surface area contributed by atoms with E-state index in [1.54, 1.807) is 24.3 Å². The van der Waals surface area contributed by atoms with E-state index in [1.165, 1.54) is 0 Å². The lowest BCUT2D eigenvalue weighted by Gasteiger charge is -2.20. The summed E-state index contributed by atoms with van der Waals surface area (Å²) in [4.78, 5) is 0. The van der Waals surface area contributed by atoms with Gasteiger partial charge in [-0.2, -0.15) is 5.26 Å². The van der Waals surface area contributed by atoms with Crippen molar-refractivity contribution in [1.82, 2.24) is 0 Å². The number of nitrogens with zero attached hydrogens (tertiary/aromatic N) is 1. The van der Waals surface area contributed by atoms with Gasteiger partial charge in [-0.3, -0.25) is 4.72 Å². The minimum atomic E-state index is -3.25. The summed E-state index contributed by atoms with van der Waals surface area (Å²) in [6, 6.07) is 9.17. The fraction of sp³-hybridized carbons (Fsp3) is 0.417. The monoisotopic (exact) mass is 252 g/mol. The third-order valence-corrected chi connectivity index (χ3v) is 3.39. The minimum absolute atomic E-state index is 0.507. The average Bonchev–Trinajstić information content (AvgIpc) is 2.27. The fourth-order valence-corrected chi connectivity index (χ4v) is 2.03. The maximum atomic E-state index is 11.0. The van der Waals surface area contributed by atoms with Crippen LogP contribution < -0.4 is 4.72 Å². The Bertz CT molecular complexity index is 529. The van der Waals surface area contributed by atoms with Crippen LogP contribution in [0.3, 0.4) is 0 Å². The van der Waals surface area contributed by atoms with Crippen molar-refractivity contribution in [2.45, 2.75) is 25.7 Å². The van der Waals surface area contributed by atoms with Crippen molar-refractivity contribution in [3.05, 3.63) is 29.8 Å². The second-order valence-corrected chi connectivity index (χ2v) is 6.00. The molecule has 0 saturated heterocycles. The fourth-order valence-electron chi connectivity index (χ4n) is 1.47. The standard InChI is InChI=1S/C12H16N2O2S/c1-4-12(2,9-13)10-5-7-11(8-6-10)14-17(3,15)16/h5-8,14H,4H2,1-3H3. The molecule has 5 heteroatoms. The number of anilines is 1. The lowest BCUT2D eigenvalue weighted by atomic mass is 9.82. The van der Waals surface area contributed by atoms with Gasteiger partial charge in [-0.25, -0.2) is 8.42 Å². The largest absolute Gasteiger partial charge is 0.284 e. The second-order valence-electron chi connectivity index (χ2n) is 4.25. The maximum absolute atomic E-state index is 11.0. The van der Waals surface area contributed by atoms with E-state index in [2.05, 4.69) is 10.8 Å². The Morgan fingerprint density at radius 1 is 1.35 bits per heavy atom. The van der Waals surface area contributed by atoms with Crippen LogP contribution >= 0.6 is 0 Å². The van der Waals surface area contributed by atoms with Crippen LogP contribution in [0, 0.1) is 11.3 Å². The number of hydrogen-bond donors (Lipinski definition) is 1. The zero-order valence-electron chi connectivity index (χ0n) is 10.2. The summed E-state index contributed by atoms with van der Waals surface area (Å²) in [5.74, 6) is 0. The van der Waals surface area contributed by atoms with Gasteiger partial charge in [-0.15, -0.1) is 0 Å². The van der Waals surface area contributed by atoms with Crippen molar-refractivity contribution in [3.8, 4) is 6.07 Å². The molecule has 1 rings (SSSR count). The third kappa shape index (κ3) is 3.46. The highest BCUT2D eigenvalue weighted by Crippen LogP contribution is 2.27. The number of nitrogens with one attached hydrogen (secondary N) is 1. The highest BCUT2D eigenvalue weighted by Gasteiger charge is 2.23. The summed E-state index contributed by atoms with van der Waals surface area (Å²) in [5, 5.41) is 9.13. The smallest absolute Gasteiger partial charge is 0.229 e. The van der Waals surface area contributed by atoms with Crippen molar-refractivity contribution in [2.24, 2.45) is 0 Å². The first-order valence-electron chi connectivity index (χ1n) is 5.30. The Hall–Kier alpha value is -1.54. The molecule has 1 aromatic rings. The Balaban J connectivity index is 3.01. The zero-order valence-corrected chi connectivity index (χ0v) is 11.0. The highest BCUT2D eigenvalue weighted by molar-refractivity contribution is 7.92. The third-order valence-electron chi connectivity index (χ3n) is 2.78. The van der Waals surface area contributed by atoms with Crippen LogP contribution in [0.4, 0.5) is 5.69 Å². The first-order chi connectivity index (χ1) is 7.80. The van der Waals surface area contributed by atoms with E-state index in [0.717, 1.165) is 11.8 Å². The van der Waals surface area contributed by atoms with Gasteiger partial charge in [0.2, 0.25) is 10.0 Å². The van der Waals surface area contributed by atoms with Gasteiger partial charge in [-0.05, 0) is 31.0 Å². The Kier molecular flexibility index (Phi) is 3.79. The summed E-state index contributed by atoms with van der Waals surface area (Å²) >= 11 is 0. The van der Waals surface area contributed by atoms with Crippen LogP contribution in [0.5, 0.6) is 0 Å². The van der Waals surface area contributed by atoms with Crippen molar-refractivity contribution in [3.63, 3.8) is 0 Å². The van der Waals surface area contributed by atoms with Crippen molar-refractivity contribution in [1.29, 1.82) is 5.26 Å². The molecule has 1 aromatic carbocycles. The number of nitriles is 1. The summed E-state index contributed by atoms with van der Waals surface area (Å²) in [6.07, 6.45) is 1.81. The number of sulfonamides is 1. The Labute approximate surface area is 102 Å². The van der Waals surface area contributed by atoms with Crippen LogP contribution in [0.1, 0.15) is 25.8 Å². The van der Waals surface area contributed by atoms with Gasteiger partial charge in [0.1, 0.15) is 0 Å². The first kappa shape index (κ1) is 13.5. The molecule has 92 valence electrons. The lowest BCUT2D eigenvalue weighted by Crippen LogP contribution is -2.18. The highest BCUT2D eigenvalue weighted by atomic mass is 32.2. The van der Waals surface area contributed by atoms with Crippen LogP contribution in [-0.4, -0.2) is 14.7 Å². The average molecular weight is 252 g/mol. The number of hydrogen-bond acceptors (Lipinski definition) is 3. The Morgan fingerprint density at radius 3 is 2.24 bits per heavy atom. The summed E-state index contributed by atoms with van der Waals surface area (Å²) in [6.45, 7) is 3.82. The molecule has 0 heterocycles. The van der Waals surface area contributed by atoms with E-state index in [4.69, 9.17) is 5.26 Å². The summed E-state index contributed by atoms with van der Waals surface area (Å²) in [5.41, 5.74) is 0.873. The van der Waals surface area contributed by atoms with Crippen LogP contribution in [0.15, 0.2) is 24.3 Å². The van der Waals surface area contributed by atoms with Crippen LogP contribution in [0.2, 0.25) is 0 Å². The molecule has 0 fully saturated rings.